The average Bonchev–Trinajstić information content (AvgIpc) is 2.82. The van der Waals surface area contributed by atoms with Gasteiger partial charge in [-0.3, -0.25) is 9.59 Å². The number of hydrogen-bond acceptors (Lipinski definition) is 6. The first-order valence-corrected chi connectivity index (χ1v) is 12.2. The van der Waals surface area contributed by atoms with Crippen LogP contribution < -0.4 is 20.8 Å². The summed E-state index contributed by atoms with van der Waals surface area (Å²) in [6, 6.07) is 9.04. The monoisotopic (exact) mass is 540 g/mol. The van der Waals surface area contributed by atoms with Gasteiger partial charge in [0.15, 0.2) is 18.1 Å². The lowest BCUT2D eigenvalue weighted by Crippen LogP contribution is -2.22. The molecule has 0 saturated carbocycles. The molecule has 9 heteroatoms. The van der Waals surface area contributed by atoms with Crippen molar-refractivity contribution in [1.82, 2.24) is 9.66 Å². The van der Waals surface area contributed by atoms with E-state index >= 15 is 0 Å². The summed E-state index contributed by atoms with van der Waals surface area (Å²) < 4.78 is 13.5. The summed E-state index contributed by atoms with van der Waals surface area (Å²) in [6.45, 7) is 7.86. The molecule has 0 saturated heterocycles. The predicted octanol–water partition coefficient (Wildman–Crippen LogP) is 4.38. The molecular weight excluding hydrogens is 512 g/mol. The summed E-state index contributed by atoms with van der Waals surface area (Å²) in [6.07, 6.45) is 6.27. The van der Waals surface area contributed by atoms with Crippen molar-refractivity contribution in [1.29, 1.82) is 0 Å². The second-order valence-electron chi connectivity index (χ2n) is 7.84. The molecule has 0 fully saturated rings. The van der Waals surface area contributed by atoms with Gasteiger partial charge >= 0.3 is 0 Å². The number of ether oxygens (including phenoxy) is 2. The highest BCUT2D eigenvalue weighted by atomic mass is 79.9. The maximum atomic E-state index is 13.3. The van der Waals surface area contributed by atoms with Gasteiger partial charge in [-0.25, -0.2) is 4.98 Å². The lowest BCUT2D eigenvalue weighted by atomic mass is 10.1. The highest BCUT2D eigenvalue weighted by Gasteiger charge is 2.15. The Morgan fingerprint density at radius 3 is 2.74 bits per heavy atom. The van der Waals surface area contributed by atoms with Crippen LogP contribution in [0.25, 0.3) is 10.9 Å². The first-order chi connectivity index (χ1) is 16.9. The highest BCUT2D eigenvalue weighted by molar-refractivity contribution is 9.10. The molecule has 1 aromatic heterocycles. The van der Waals surface area contributed by atoms with Gasteiger partial charge in [0.2, 0.25) is 0 Å². The standard InChI is InChI=1S/C26H29BrN4O4/c1-4-7-9-24-30-21-11-10-19(27)14-20(21)26(33)31(24)29-15-17-12-18(8-5-2)25(35-16-23(28)32)22(13-17)34-6-3/h5,10-15H,2,4,6-9,16H2,1,3H3,(H2,28,32). The quantitative estimate of drug-likeness (QED) is 0.271. The zero-order valence-corrected chi connectivity index (χ0v) is 21.5. The predicted molar refractivity (Wildman–Crippen MR) is 142 cm³/mol. The van der Waals surface area contributed by atoms with E-state index < -0.39 is 5.91 Å². The Hall–Kier alpha value is -3.46. The first-order valence-electron chi connectivity index (χ1n) is 11.4. The van der Waals surface area contributed by atoms with E-state index in [1.165, 1.54) is 4.68 Å². The maximum Gasteiger partial charge on any atom is 0.282 e. The number of fused-ring (bicyclic) bond motifs is 1. The number of carbonyl (C=O) groups excluding carboxylic acids is 1. The molecule has 35 heavy (non-hydrogen) atoms. The maximum absolute atomic E-state index is 13.3. The number of hydrogen-bond donors (Lipinski definition) is 1. The lowest BCUT2D eigenvalue weighted by Gasteiger charge is -2.16. The molecule has 0 aliphatic heterocycles. The van der Waals surface area contributed by atoms with Crippen molar-refractivity contribution in [2.75, 3.05) is 13.2 Å². The third-order valence-electron chi connectivity index (χ3n) is 5.13. The van der Waals surface area contributed by atoms with E-state index in [9.17, 15) is 9.59 Å². The van der Waals surface area contributed by atoms with Crippen molar-refractivity contribution in [2.24, 2.45) is 10.8 Å². The second kappa shape index (κ2) is 12.3. The van der Waals surface area contributed by atoms with Gasteiger partial charge in [-0.15, -0.1) is 6.58 Å². The topological polar surface area (TPSA) is 109 Å². The van der Waals surface area contributed by atoms with Crippen LogP contribution in [0.15, 0.2) is 57.4 Å². The van der Waals surface area contributed by atoms with Crippen LogP contribution in [0.3, 0.4) is 0 Å². The first kappa shape index (κ1) is 26.2. The third kappa shape index (κ3) is 6.57. The number of benzene rings is 2. The van der Waals surface area contributed by atoms with E-state index in [1.807, 2.05) is 25.1 Å². The number of nitrogens with zero attached hydrogens (tertiary/aromatic N) is 3. The van der Waals surface area contributed by atoms with Crippen LogP contribution >= 0.6 is 15.9 Å². The van der Waals surface area contributed by atoms with Crippen LogP contribution in [-0.4, -0.2) is 35.0 Å². The molecule has 2 aromatic carbocycles. The van der Waals surface area contributed by atoms with Crippen molar-refractivity contribution < 1.29 is 14.3 Å². The number of aryl methyl sites for hydroxylation is 1. The molecule has 0 unspecified atom stereocenters. The number of nitrogens with two attached hydrogens (primary N) is 1. The fourth-order valence-corrected chi connectivity index (χ4v) is 3.93. The molecule has 1 heterocycles. The molecule has 2 N–H and O–H groups in total. The molecule has 0 aliphatic rings. The molecule has 0 bridgehead atoms. The SMILES string of the molecule is C=CCc1cc(C=Nn2c(CCCC)nc3ccc(Br)cc3c2=O)cc(OCC)c1OCC(N)=O. The third-order valence-corrected chi connectivity index (χ3v) is 5.62. The van der Waals surface area contributed by atoms with Gasteiger partial charge < -0.3 is 15.2 Å². The molecule has 0 atom stereocenters. The summed E-state index contributed by atoms with van der Waals surface area (Å²) in [7, 11) is 0. The van der Waals surface area contributed by atoms with Crippen molar-refractivity contribution in [3.05, 3.63) is 74.8 Å². The Balaban J connectivity index is 2.11. The van der Waals surface area contributed by atoms with E-state index in [0.29, 0.717) is 53.2 Å². The molecular formula is C26H29BrN4O4. The Morgan fingerprint density at radius 1 is 1.26 bits per heavy atom. The molecule has 8 nitrogen and oxygen atoms in total. The van der Waals surface area contributed by atoms with Crippen LogP contribution in [0, 0.1) is 0 Å². The van der Waals surface area contributed by atoms with Crippen molar-refractivity contribution in [3.63, 3.8) is 0 Å². The summed E-state index contributed by atoms with van der Waals surface area (Å²) in [5, 5.41) is 5.00. The van der Waals surface area contributed by atoms with Gasteiger partial charge in [-0.05, 0) is 55.7 Å². The van der Waals surface area contributed by atoms with E-state index in [1.54, 1.807) is 24.4 Å². The fraction of sp³-hybridized carbons (Fsp3) is 0.308. The van der Waals surface area contributed by atoms with Gasteiger partial charge in [0.1, 0.15) is 5.82 Å². The molecule has 3 rings (SSSR count). The van der Waals surface area contributed by atoms with Crippen LogP contribution in [-0.2, 0) is 17.6 Å². The van der Waals surface area contributed by atoms with Crippen molar-refractivity contribution in [2.45, 2.75) is 39.5 Å². The number of carbonyl (C=O) groups is 1. The Labute approximate surface area is 212 Å². The van der Waals surface area contributed by atoms with Crippen LogP contribution in [0.1, 0.15) is 43.6 Å². The number of unbranched alkanes of at least 4 members (excludes halogenated alkanes) is 1. The van der Waals surface area contributed by atoms with Gasteiger partial charge in [0.05, 0.1) is 23.7 Å². The van der Waals surface area contributed by atoms with Crippen LogP contribution in [0.4, 0.5) is 0 Å². The van der Waals surface area contributed by atoms with Crippen LogP contribution in [0.5, 0.6) is 11.5 Å². The van der Waals surface area contributed by atoms with Gasteiger partial charge in [-0.2, -0.15) is 9.78 Å². The smallest absolute Gasteiger partial charge is 0.282 e. The molecule has 3 aromatic rings. The molecule has 1 amide bonds. The van der Waals surface area contributed by atoms with E-state index in [-0.39, 0.29) is 12.2 Å². The summed E-state index contributed by atoms with van der Waals surface area (Å²) in [5.74, 6) is 0.896. The zero-order valence-electron chi connectivity index (χ0n) is 19.9. The van der Waals surface area contributed by atoms with Crippen LogP contribution in [0.2, 0.25) is 0 Å². The largest absolute Gasteiger partial charge is 0.490 e. The Kier molecular flexibility index (Phi) is 9.19. The highest BCUT2D eigenvalue weighted by Crippen LogP contribution is 2.33. The summed E-state index contributed by atoms with van der Waals surface area (Å²) >= 11 is 3.42. The number of aromatic nitrogens is 2. The number of rotatable bonds is 12. The van der Waals surface area contributed by atoms with Crippen molar-refractivity contribution in [3.8, 4) is 11.5 Å². The fourth-order valence-electron chi connectivity index (χ4n) is 3.57. The number of halogens is 1. The number of amides is 1. The second-order valence-corrected chi connectivity index (χ2v) is 8.76. The van der Waals surface area contributed by atoms with E-state index in [2.05, 4.69) is 34.5 Å². The number of allylic oxidation sites excluding steroid dienone is 1. The minimum Gasteiger partial charge on any atom is -0.490 e. The van der Waals surface area contributed by atoms with Gasteiger partial charge in [0.25, 0.3) is 11.5 Å². The van der Waals surface area contributed by atoms with E-state index in [4.69, 9.17) is 20.2 Å². The zero-order chi connectivity index (χ0) is 25.4. The molecule has 0 spiro atoms. The summed E-state index contributed by atoms with van der Waals surface area (Å²) in [5.41, 5.74) is 7.10. The molecule has 0 radical (unpaired) electrons. The summed E-state index contributed by atoms with van der Waals surface area (Å²) in [4.78, 5) is 29.3. The molecule has 184 valence electrons. The average molecular weight is 541 g/mol. The van der Waals surface area contributed by atoms with Gasteiger partial charge in [0, 0.05) is 16.5 Å². The molecule has 0 aliphatic carbocycles. The van der Waals surface area contributed by atoms with Crippen molar-refractivity contribution >= 4 is 39.0 Å². The van der Waals surface area contributed by atoms with Gasteiger partial charge in [-0.1, -0.05) is 35.4 Å². The minimum absolute atomic E-state index is 0.239. The van der Waals surface area contributed by atoms with E-state index in [0.717, 1.165) is 22.9 Å². The Bertz CT molecular complexity index is 1320. The number of primary amides is 1. The normalized spacial score (nSPS) is 11.2. The minimum atomic E-state index is -0.586. The lowest BCUT2D eigenvalue weighted by molar-refractivity contribution is -0.119. The Morgan fingerprint density at radius 2 is 2.06 bits per heavy atom.